The SMILES string of the molecule is CC(=O)Oc1cc(Cl)ccc1C(=O)Nc1ccc(C(F)(F)F)cc1. The Morgan fingerprint density at radius 3 is 2.25 bits per heavy atom. The van der Waals surface area contributed by atoms with Gasteiger partial charge in [0, 0.05) is 23.7 Å². The molecule has 0 bridgehead atoms. The molecular weight excluding hydrogens is 347 g/mol. The number of anilines is 1. The van der Waals surface area contributed by atoms with Crippen molar-refractivity contribution in [3.63, 3.8) is 0 Å². The molecule has 2 aromatic rings. The first-order chi connectivity index (χ1) is 11.2. The predicted molar refractivity (Wildman–Crippen MR) is 82.2 cm³/mol. The van der Waals surface area contributed by atoms with Crippen LogP contribution in [0.1, 0.15) is 22.8 Å². The Balaban J connectivity index is 2.22. The Hall–Kier alpha value is -2.54. The van der Waals surface area contributed by atoms with Gasteiger partial charge in [0.25, 0.3) is 5.91 Å². The van der Waals surface area contributed by atoms with Gasteiger partial charge in [-0.05, 0) is 36.4 Å². The van der Waals surface area contributed by atoms with Crippen LogP contribution in [0, 0.1) is 0 Å². The molecule has 0 aromatic heterocycles. The monoisotopic (exact) mass is 357 g/mol. The molecule has 1 amide bonds. The molecule has 2 aromatic carbocycles. The third-order valence-electron chi connectivity index (χ3n) is 2.91. The van der Waals surface area contributed by atoms with Crippen molar-refractivity contribution in [2.75, 3.05) is 5.32 Å². The lowest BCUT2D eigenvalue weighted by molar-refractivity contribution is -0.137. The molecule has 24 heavy (non-hydrogen) atoms. The molecule has 0 saturated carbocycles. The number of nitrogens with one attached hydrogen (secondary N) is 1. The summed E-state index contributed by atoms with van der Waals surface area (Å²) in [6.45, 7) is 1.17. The van der Waals surface area contributed by atoms with E-state index in [1.54, 1.807) is 0 Å². The van der Waals surface area contributed by atoms with Gasteiger partial charge in [-0.25, -0.2) is 0 Å². The average molecular weight is 358 g/mol. The molecule has 0 aliphatic heterocycles. The highest BCUT2D eigenvalue weighted by atomic mass is 35.5. The van der Waals surface area contributed by atoms with Crippen LogP contribution < -0.4 is 10.1 Å². The van der Waals surface area contributed by atoms with Gasteiger partial charge in [0.15, 0.2) is 0 Å². The Morgan fingerprint density at radius 2 is 1.71 bits per heavy atom. The maximum absolute atomic E-state index is 12.5. The van der Waals surface area contributed by atoms with E-state index in [1.165, 1.54) is 25.1 Å². The van der Waals surface area contributed by atoms with Crippen LogP contribution in [0.25, 0.3) is 0 Å². The fourth-order valence-corrected chi connectivity index (χ4v) is 2.03. The highest BCUT2D eigenvalue weighted by molar-refractivity contribution is 6.31. The maximum Gasteiger partial charge on any atom is 0.416 e. The largest absolute Gasteiger partial charge is 0.426 e. The van der Waals surface area contributed by atoms with Gasteiger partial charge in [-0.3, -0.25) is 9.59 Å². The molecule has 0 aliphatic carbocycles. The minimum Gasteiger partial charge on any atom is -0.426 e. The minimum absolute atomic E-state index is 0.0227. The third-order valence-corrected chi connectivity index (χ3v) is 3.15. The van der Waals surface area contributed by atoms with E-state index in [0.29, 0.717) is 0 Å². The topological polar surface area (TPSA) is 55.4 Å². The molecule has 1 N–H and O–H groups in total. The van der Waals surface area contributed by atoms with E-state index < -0.39 is 23.6 Å². The van der Waals surface area contributed by atoms with Crippen LogP contribution in [0.5, 0.6) is 5.75 Å². The number of carbonyl (C=O) groups excluding carboxylic acids is 2. The van der Waals surface area contributed by atoms with Crippen molar-refractivity contribution in [1.29, 1.82) is 0 Å². The van der Waals surface area contributed by atoms with Crippen molar-refractivity contribution in [1.82, 2.24) is 0 Å². The molecule has 0 atom stereocenters. The summed E-state index contributed by atoms with van der Waals surface area (Å²) in [7, 11) is 0. The molecule has 0 fully saturated rings. The summed E-state index contributed by atoms with van der Waals surface area (Å²) in [4.78, 5) is 23.3. The van der Waals surface area contributed by atoms with E-state index in [-0.39, 0.29) is 22.0 Å². The van der Waals surface area contributed by atoms with Gasteiger partial charge < -0.3 is 10.1 Å². The summed E-state index contributed by atoms with van der Waals surface area (Å²) in [5.74, 6) is -1.33. The molecule has 4 nitrogen and oxygen atoms in total. The summed E-state index contributed by atoms with van der Waals surface area (Å²) in [5.41, 5.74) is -0.640. The highest BCUT2D eigenvalue weighted by Gasteiger charge is 2.30. The van der Waals surface area contributed by atoms with Gasteiger partial charge in [-0.2, -0.15) is 13.2 Å². The Labute approximate surface area is 140 Å². The van der Waals surface area contributed by atoms with Crippen molar-refractivity contribution in [2.24, 2.45) is 0 Å². The number of ether oxygens (including phenoxy) is 1. The molecule has 0 unspecified atom stereocenters. The van der Waals surface area contributed by atoms with Crippen molar-refractivity contribution in [3.05, 3.63) is 58.6 Å². The first-order valence-corrected chi connectivity index (χ1v) is 7.01. The average Bonchev–Trinajstić information content (AvgIpc) is 2.46. The number of benzene rings is 2. The van der Waals surface area contributed by atoms with Crippen molar-refractivity contribution < 1.29 is 27.5 Å². The summed E-state index contributed by atoms with van der Waals surface area (Å²) in [6.07, 6.45) is -4.46. The molecular formula is C16H11ClF3NO3. The zero-order chi connectivity index (χ0) is 17.9. The van der Waals surface area contributed by atoms with Crippen molar-refractivity contribution in [3.8, 4) is 5.75 Å². The van der Waals surface area contributed by atoms with Gasteiger partial charge in [-0.1, -0.05) is 11.6 Å². The van der Waals surface area contributed by atoms with Gasteiger partial charge >= 0.3 is 12.1 Å². The number of hydrogen-bond acceptors (Lipinski definition) is 3. The van der Waals surface area contributed by atoms with E-state index in [4.69, 9.17) is 16.3 Å². The second-order valence-corrected chi connectivity index (χ2v) is 5.20. The minimum atomic E-state index is -4.46. The number of rotatable bonds is 3. The van der Waals surface area contributed by atoms with Crippen LogP contribution in [0.3, 0.4) is 0 Å². The number of carbonyl (C=O) groups is 2. The van der Waals surface area contributed by atoms with Crippen molar-refractivity contribution >= 4 is 29.2 Å². The number of hydrogen-bond donors (Lipinski definition) is 1. The van der Waals surface area contributed by atoms with Crippen molar-refractivity contribution in [2.45, 2.75) is 13.1 Å². The molecule has 8 heteroatoms. The van der Waals surface area contributed by atoms with E-state index in [0.717, 1.165) is 24.3 Å². The summed E-state index contributed by atoms with van der Waals surface area (Å²) in [5, 5.41) is 2.69. The van der Waals surface area contributed by atoms with Gasteiger partial charge in [0.05, 0.1) is 11.1 Å². The lowest BCUT2D eigenvalue weighted by Crippen LogP contribution is -2.15. The molecule has 0 radical (unpaired) electrons. The second-order valence-electron chi connectivity index (χ2n) is 4.76. The first-order valence-electron chi connectivity index (χ1n) is 6.63. The lowest BCUT2D eigenvalue weighted by Gasteiger charge is -2.11. The zero-order valence-electron chi connectivity index (χ0n) is 12.3. The molecule has 0 heterocycles. The van der Waals surface area contributed by atoms with E-state index in [1.807, 2.05) is 0 Å². The summed E-state index contributed by atoms with van der Waals surface area (Å²) in [6, 6.07) is 8.03. The number of alkyl halides is 3. The smallest absolute Gasteiger partial charge is 0.416 e. The second kappa shape index (κ2) is 6.92. The van der Waals surface area contributed by atoms with Gasteiger partial charge in [0.1, 0.15) is 5.75 Å². The first kappa shape index (κ1) is 17.8. The van der Waals surface area contributed by atoms with Crippen LogP contribution in [-0.4, -0.2) is 11.9 Å². The highest BCUT2D eigenvalue weighted by Crippen LogP contribution is 2.30. The number of halogens is 4. The van der Waals surface area contributed by atoms with Gasteiger partial charge in [-0.15, -0.1) is 0 Å². The Morgan fingerprint density at radius 1 is 1.08 bits per heavy atom. The van der Waals surface area contributed by atoms with E-state index in [9.17, 15) is 22.8 Å². The summed E-state index contributed by atoms with van der Waals surface area (Å²) >= 11 is 5.80. The fraction of sp³-hybridized carbons (Fsp3) is 0.125. The quantitative estimate of drug-likeness (QED) is 0.648. The van der Waals surface area contributed by atoms with Crippen LogP contribution in [-0.2, 0) is 11.0 Å². The van der Waals surface area contributed by atoms with E-state index in [2.05, 4.69) is 5.32 Å². The predicted octanol–water partition coefficient (Wildman–Crippen LogP) is 4.54. The maximum atomic E-state index is 12.5. The molecule has 2 rings (SSSR count). The molecule has 0 saturated heterocycles. The molecule has 0 aliphatic rings. The summed E-state index contributed by atoms with van der Waals surface area (Å²) < 4.78 is 42.4. The van der Waals surface area contributed by atoms with Crippen LogP contribution in [0.4, 0.5) is 18.9 Å². The zero-order valence-corrected chi connectivity index (χ0v) is 13.0. The molecule has 0 spiro atoms. The standard InChI is InChI=1S/C16H11ClF3NO3/c1-9(22)24-14-8-11(17)4-7-13(14)15(23)21-12-5-2-10(3-6-12)16(18,19)20/h2-8H,1H3,(H,21,23). The van der Waals surface area contributed by atoms with Crippen LogP contribution in [0.2, 0.25) is 5.02 Å². The fourth-order valence-electron chi connectivity index (χ4n) is 1.86. The van der Waals surface area contributed by atoms with Crippen LogP contribution in [0.15, 0.2) is 42.5 Å². The number of esters is 1. The Kier molecular flexibility index (Phi) is 5.14. The Bertz CT molecular complexity index is 773. The number of amides is 1. The van der Waals surface area contributed by atoms with Gasteiger partial charge in [0.2, 0.25) is 0 Å². The molecule has 126 valence electrons. The lowest BCUT2D eigenvalue weighted by atomic mass is 10.1. The van der Waals surface area contributed by atoms with E-state index >= 15 is 0 Å². The van der Waals surface area contributed by atoms with Crippen LogP contribution >= 0.6 is 11.6 Å². The third kappa shape index (κ3) is 4.48. The normalized spacial score (nSPS) is 11.0.